The number of aryl methyl sites for hydroxylation is 3. The molecule has 0 atom stereocenters. The van der Waals surface area contributed by atoms with Crippen molar-refractivity contribution in [1.82, 2.24) is 24.1 Å². The van der Waals surface area contributed by atoms with E-state index < -0.39 is 5.91 Å². The van der Waals surface area contributed by atoms with Gasteiger partial charge in [-0.1, -0.05) is 0 Å². The number of nitrogens with zero attached hydrogens (tertiary/aromatic N) is 5. The van der Waals surface area contributed by atoms with Crippen LogP contribution in [0.3, 0.4) is 0 Å². The monoisotopic (exact) mass is 341 g/mol. The van der Waals surface area contributed by atoms with E-state index in [0.29, 0.717) is 24.3 Å². The zero-order chi connectivity index (χ0) is 18.1. The summed E-state index contributed by atoms with van der Waals surface area (Å²) in [5.74, 6) is -0.215. The van der Waals surface area contributed by atoms with Gasteiger partial charge in [-0.3, -0.25) is 18.7 Å². The Labute approximate surface area is 143 Å². The van der Waals surface area contributed by atoms with Crippen LogP contribution in [0.15, 0.2) is 18.6 Å². The van der Waals surface area contributed by atoms with Gasteiger partial charge in [-0.25, -0.2) is 9.97 Å². The number of hydrogen-bond donors (Lipinski definition) is 2. The second-order valence-electron chi connectivity index (χ2n) is 5.84. The van der Waals surface area contributed by atoms with Gasteiger partial charge in [0.25, 0.3) is 5.91 Å². The first-order valence-electron chi connectivity index (χ1n) is 7.79. The van der Waals surface area contributed by atoms with Gasteiger partial charge in [0.2, 0.25) is 5.91 Å². The van der Waals surface area contributed by atoms with Gasteiger partial charge < -0.3 is 11.1 Å². The molecule has 0 fully saturated rings. The Bertz CT molecular complexity index is 970. The fourth-order valence-electron chi connectivity index (χ4n) is 2.79. The summed E-state index contributed by atoms with van der Waals surface area (Å²) in [6, 6.07) is 1.73. The lowest BCUT2D eigenvalue weighted by atomic mass is 10.1. The lowest BCUT2D eigenvalue weighted by Gasteiger charge is -2.11. The van der Waals surface area contributed by atoms with Gasteiger partial charge >= 0.3 is 0 Å². The van der Waals surface area contributed by atoms with Gasteiger partial charge in [0.15, 0.2) is 17.2 Å². The number of imidazole rings is 1. The number of nitrogens with two attached hydrogens (primary N) is 1. The maximum atomic E-state index is 12.1. The molecular formula is C16H19N7O2. The molecule has 0 spiro atoms. The highest BCUT2D eigenvalue weighted by Crippen LogP contribution is 2.18. The van der Waals surface area contributed by atoms with Gasteiger partial charge in [-0.05, 0) is 25.8 Å². The summed E-state index contributed by atoms with van der Waals surface area (Å²) < 4.78 is 3.34. The van der Waals surface area contributed by atoms with E-state index in [9.17, 15) is 9.59 Å². The Morgan fingerprint density at radius 1 is 1.32 bits per heavy atom. The van der Waals surface area contributed by atoms with Crippen LogP contribution in [0.2, 0.25) is 0 Å². The number of aromatic nitrogens is 5. The topological polar surface area (TPSA) is 120 Å². The molecule has 3 aromatic rings. The fourth-order valence-corrected chi connectivity index (χ4v) is 2.79. The summed E-state index contributed by atoms with van der Waals surface area (Å²) in [7, 11) is 1.79. The molecule has 0 saturated carbocycles. The molecule has 0 bridgehead atoms. The SMILES string of the molecule is Cc1nc2c(C(N)=O)ncn2c(C)c1CCC(=O)Nc1ccn(C)n1. The standard InChI is InChI=1S/C16H19N7O2/c1-9-11(4-5-13(24)20-12-6-7-22(3)21-12)10(2)23-8-18-14(15(17)25)16(23)19-9/h6-8H,4-5H2,1-3H3,(H2,17,25)(H,20,21,24). The Morgan fingerprint density at radius 3 is 2.72 bits per heavy atom. The maximum Gasteiger partial charge on any atom is 0.271 e. The van der Waals surface area contributed by atoms with Crippen molar-refractivity contribution in [3.8, 4) is 0 Å². The molecular weight excluding hydrogens is 322 g/mol. The number of nitrogens with one attached hydrogen (secondary N) is 1. The average molecular weight is 341 g/mol. The van der Waals surface area contributed by atoms with E-state index in [0.717, 1.165) is 17.0 Å². The number of amides is 2. The van der Waals surface area contributed by atoms with Crippen molar-refractivity contribution in [3.63, 3.8) is 0 Å². The Morgan fingerprint density at radius 2 is 2.08 bits per heavy atom. The minimum atomic E-state index is -0.615. The quantitative estimate of drug-likeness (QED) is 0.709. The number of carbonyl (C=O) groups excluding carboxylic acids is 2. The van der Waals surface area contributed by atoms with E-state index in [1.54, 1.807) is 28.4 Å². The molecule has 0 saturated heterocycles. The lowest BCUT2D eigenvalue weighted by molar-refractivity contribution is -0.116. The predicted octanol–water partition coefficient (Wildman–Crippen LogP) is 0.750. The molecule has 130 valence electrons. The van der Waals surface area contributed by atoms with Crippen molar-refractivity contribution in [2.75, 3.05) is 5.32 Å². The largest absolute Gasteiger partial charge is 0.364 e. The highest BCUT2D eigenvalue weighted by atomic mass is 16.2. The summed E-state index contributed by atoms with van der Waals surface area (Å²) in [6.45, 7) is 3.75. The normalized spacial score (nSPS) is 11.0. The molecule has 9 heteroatoms. The highest BCUT2D eigenvalue weighted by Gasteiger charge is 2.17. The number of rotatable bonds is 5. The molecule has 3 N–H and O–H groups in total. The first-order valence-corrected chi connectivity index (χ1v) is 7.79. The van der Waals surface area contributed by atoms with Crippen LogP contribution >= 0.6 is 0 Å². The molecule has 0 aliphatic heterocycles. The first-order chi connectivity index (χ1) is 11.9. The molecule has 0 aromatic carbocycles. The van der Waals surface area contributed by atoms with Crippen LogP contribution in [0.5, 0.6) is 0 Å². The number of carbonyl (C=O) groups is 2. The third-order valence-corrected chi connectivity index (χ3v) is 4.07. The van der Waals surface area contributed by atoms with E-state index >= 15 is 0 Å². The molecule has 0 radical (unpaired) electrons. The van der Waals surface area contributed by atoms with Crippen molar-refractivity contribution < 1.29 is 9.59 Å². The van der Waals surface area contributed by atoms with Crippen molar-refractivity contribution in [2.45, 2.75) is 26.7 Å². The third-order valence-electron chi connectivity index (χ3n) is 4.07. The van der Waals surface area contributed by atoms with Crippen molar-refractivity contribution in [3.05, 3.63) is 41.2 Å². The van der Waals surface area contributed by atoms with Crippen LogP contribution in [0.4, 0.5) is 5.82 Å². The first kappa shape index (κ1) is 16.6. The molecule has 0 aliphatic carbocycles. The van der Waals surface area contributed by atoms with Crippen LogP contribution in [-0.2, 0) is 18.3 Å². The van der Waals surface area contributed by atoms with E-state index in [2.05, 4.69) is 20.4 Å². The second kappa shape index (κ2) is 6.34. The molecule has 2 amide bonds. The van der Waals surface area contributed by atoms with E-state index in [-0.39, 0.29) is 11.6 Å². The molecule has 3 aromatic heterocycles. The molecule has 0 aliphatic rings. The average Bonchev–Trinajstić information content (AvgIpc) is 3.13. The fraction of sp³-hybridized carbons (Fsp3) is 0.312. The Balaban J connectivity index is 1.79. The van der Waals surface area contributed by atoms with E-state index in [1.807, 2.05) is 13.8 Å². The number of anilines is 1. The summed E-state index contributed by atoms with van der Waals surface area (Å²) in [5.41, 5.74) is 8.47. The van der Waals surface area contributed by atoms with Crippen LogP contribution in [-0.4, -0.2) is 36.0 Å². The second-order valence-corrected chi connectivity index (χ2v) is 5.84. The maximum absolute atomic E-state index is 12.1. The Hall–Kier alpha value is -3.23. The number of hydrogen-bond acceptors (Lipinski definition) is 5. The summed E-state index contributed by atoms with van der Waals surface area (Å²) in [5, 5.41) is 6.87. The summed E-state index contributed by atoms with van der Waals surface area (Å²) in [6.07, 6.45) is 4.10. The molecule has 0 unspecified atom stereocenters. The van der Waals surface area contributed by atoms with Crippen molar-refractivity contribution >= 4 is 23.3 Å². The number of primary amides is 1. The van der Waals surface area contributed by atoms with Crippen LogP contribution in [0, 0.1) is 13.8 Å². The van der Waals surface area contributed by atoms with Crippen LogP contribution in [0.25, 0.3) is 5.65 Å². The van der Waals surface area contributed by atoms with Crippen molar-refractivity contribution in [1.29, 1.82) is 0 Å². The highest BCUT2D eigenvalue weighted by molar-refractivity contribution is 5.96. The van der Waals surface area contributed by atoms with Crippen LogP contribution in [0.1, 0.15) is 33.9 Å². The predicted molar refractivity (Wildman–Crippen MR) is 91.1 cm³/mol. The Kier molecular flexibility index (Phi) is 4.22. The van der Waals surface area contributed by atoms with Gasteiger partial charge in [-0.15, -0.1) is 0 Å². The van der Waals surface area contributed by atoms with E-state index in [4.69, 9.17) is 5.73 Å². The van der Waals surface area contributed by atoms with Crippen molar-refractivity contribution in [2.24, 2.45) is 12.8 Å². The van der Waals surface area contributed by atoms with Crippen LogP contribution < -0.4 is 11.1 Å². The number of fused-ring (bicyclic) bond motifs is 1. The molecule has 3 heterocycles. The minimum Gasteiger partial charge on any atom is -0.364 e. The van der Waals surface area contributed by atoms with Gasteiger partial charge in [0, 0.05) is 37.1 Å². The summed E-state index contributed by atoms with van der Waals surface area (Å²) >= 11 is 0. The minimum absolute atomic E-state index is 0.124. The smallest absolute Gasteiger partial charge is 0.271 e. The van der Waals surface area contributed by atoms with Gasteiger partial charge in [-0.2, -0.15) is 5.10 Å². The molecule has 25 heavy (non-hydrogen) atoms. The lowest BCUT2D eigenvalue weighted by Crippen LogP contribution is -2.15. The zero-order valence-electron chi connectivity index (χ0n) is 14.3. The van der Waals surface area contributed by atoms with Gasteiger partial charge in [0.1, 0.15) is 6.33 Å². The molecule has 3 rings (SSSR count). The van der Waals surface area contributed by atoms with E-state index in [1.165, 1.54) is 6.33 Å². The zero-order valence-corrected chi connectivity index (χ0v) is 14.3. The molecule has 9 nitrogen and oxygen atoms in total. The third kappa shape index (κ3) is 3.21. The summed E-state index contributed by atoms with van der Waals surface area (Å²) in [4.78, 5) is 32.0. The van der Waals surface area contributed by atoms with Gasteiger partial charge in [0.05, 0.1) is 0 Å².